The fourth-order valence-electron chi connectivity index (χ4n) is 2.45. The predicted molar refractivity (Wildman–Crippen MR) is 93.6 cm³/mol. The van der Waals surface area contributed by atoms with E-state index in [1.54, 1.807) is 31.3 Å². The first-order valence-corrected chi connectivity index (χ1v) is 7.87. The van der Waals surface area contributed by atoms with Crippen LogP contribution in [0.4, 0.5) is 5.95 Å². The average molecular weight is 392 g/mol. The third-order valence-corrected chi connectivity index (χ3v) is 4.23. The zero-order valence-corrected chi connectivity index (χ0v) is 14.5. The van der Waals surface area contributed by atoms with Crippen molar-refractivity contribution in [3.05, 3.63) is 55.1 Å². The second-order valence-corrected chi connectivity index (χ2v) is 6.11. The normalized spacial score (nSPS) is 11.0. The van der Waals surface area contributed by atoms with Gasteiger partial charge >= 0.3 is 5.69 Å². The molecule has 0 aliphatic heterocycles. The molecular formula is C15H14BrN5O3. The Balaban J connectivity index is 2.13. The molecule has 0 unspecified atom stereocenters. The lowest BCUT2D eigenvalue weighted by molar-refractivity contribution is 0.0974. The molecule has 0 spiro atoms. The van der Waals surface area contributed by atoms with E-state index in [0.717, 1.165) is 4.47 Å². The largest absolute Gasteiger partial charge is 0.359 e. The summed E-state index contributed by atoms with van der Waals surface area (Å²) in [7, 11) is 3.14. The number of halogens is 1. The minimum atomic E-state index is -0.578. The number of aryl methyl sites for hydroxylation is 1. The van der Waals surface area contributed by atoms with Crippen molar-refractivity contribution >= 4 is 38.8 Å². The van der Waals surface area contributed by atoms with E-state index in [1.165, 1.54) is 16.2 Å². The zero-order valence-electron chi connectivity index (χ0n) is 13.0. The number of hydrogen-bond donors (Lipinski definition) is 2. The van der Waals surface area contributed by atoms with Crippen LogP contribution in [0.2, 0.25) is 0 Å². The van der Waals surface area contributed by atoms with Gasteiger partial charge in [-0.2, -0.15) is 4.98 Å². The van der Waals surface area contributed by atoms with Crippen molar-refractivity contribution in [3.63, 3.8) is 0 Å². The average Bonchev–Trinajstić information content (AvgIpc) is 2.92. The van der Waals surface area contributed by atoms with E-state index in [4.69, 9.17) is 0 Å². The maximum atomic E-state index is 12.5. The van der Waals surface area contributed by atoms with Crippen molar-refractivity contribution < 1.29 is 4.79 Å². The molecule has 1 aromatic carbocycles. The maximum Gasteiger partial charge on any atom is 0.329 e. The number of benzene rings is 1. The number of carbonyl (C=O) groups excluding carboxylic acids is 1. The number of anilines is 1. The summed E-state index contributed by atoms with van der Waals surface area (Å²) in [5, 5.41) is 2.85. The summed E-state index contributed by atoms with van der Waals surface area (Å²) < 4.78 is 3.57. The van der Waals surface area contributed by atoms with E-state index in [9.17, 15) is 14.4 Å². The summed E-state index contributed by atoms with van der Waals surface area (Å²) >= 11 is 3.32. The molecule has 3 aromatic rings. The molecule has 0 saturated heterocycles. The van der Waals surface area contributed by atoms with Crippen LogP contribution in [0.5, 0.6) is 0 Å². The van der Waals surface area contributed by atoms with E-state index in [0.29, 0.717) is 11.5 Å². The summed E-state index contributed by atoms with van der Waals surface area (Å²) in [5.74, 6) is 0.161. The third kappa shape index (κ3) is 2.67. The summed E-state index contributed by atoms with van der Waals surface area (Å²) in [6.45, 7) is -0.0738. The fraction of sp³-hybridized carbons (Fsp3) is 0.200. The molecule has 124 valence electrons. The second kappa shape index (κ2) is 6.08. The van der Waals surface area contributed by atoms with Gasteiger partial charge in [0.25, 0.3) is 5.56 Å². The van der Waals surface area contributed by atoms with Gasteiger partial charge in [0.1, 0.15) is 0 Å². The Morgan fingerprint density at radius 2 is 1.96 bits per heavy atom. The van der Waals surface area contributed by atoms with Crippen LogP contribution in [-0.2, 0) is 13.6 Å². The monoisotopic (exact) mass is 391 g/mol. The number of nitrogens with zero attached hydrogens (tertiary/aromatic N) is 3. The first-order valence-electron chi connectivity index (χ1n) is 7.08. The lowest BCUT2D eigenvalue weighted by Crippen LogP contribution is -2.29. The highest BCUT2D eigenvalue weighted by molar-refractivity contribution is 9.10. The third-order valence-electron chi connectivity index (χ3n) is 3.70. The number of fused-ring (bicyclic) bond motifs is 1. The molecule has 0 fully saturated rings. The highest BCUT2D eigenvalue weighted by Gasteiger charge is 2.19. The van der Waals surface area contributed by atoms with Gasteiger partial charge in [0.15, 0.2) is 16.9 Å². The summed E-state index contributed by atoms with van der Waals surface area (Å²) in [6.07, 6.45) is 0. The van der Waals surface area contributed by atoms with Crippen molar-refractivity contribution in [2.24, 2.45) is 7.05 Å². The lowest BCUT2D eigenvalue weighted by Gasteiger charge is -2.07. The standard InChI is InChI=1S/C15H14BrN5O3/c1-17-14-18-12-11(13(23)19-15(24)20(12)2)21(14)7-10(22)8-3-5-9(16)6-4-8/h3-6H,7H2,1-2H3,(H,17,18)(H,19,23,24). The molecule has 8 nitrogen and oxygen atoms in total. The topological polar surface area (TPSA) is 102 Å². The Hall–Kier alpha value is -2.68. The Morgan fingerprint density at radius 3 is 2.58 bits per heavy atom. The van der Waals surface area contributed by atoms with Gasteiger partial charge in [0.05, 0.1) is 6.54 Å². The van der Waals surface area contributed by atoms with Gasteiger partial charge in [-0.25, -0.2) is 4.79 Å². The first kappa shape index (κ1) is 16.2. The van der Waals surface area contributed by atoms with Crippen LogP contribution in [0.3, 0.4) is 0 Å². The van der Waals surface area contributed by atoms with Crippen molar-refractivity contribution in [3.8, 4) is 0 Å². The number of Topliss-reactive ketones (excluding diaryl/α,β-unsaturated/α-hetero) is 1. The van der Waals surface area contributed by atoms with Crippen molar-refractivity contribution in [2.45, 2.75) is 6.54 Å². The summed E-state index contributed by atoms with van der Waals surface area (Å²) in [6, 6.07) is 6.94. The number of hydrogen-bond acceptors (Lipinski definition) is 5. The molecule has 0 atom stereocenters. The fourth-order valence-corrected chi connectivity index (χ4v) is 2.71. The predicted octanol–water partition coefficient (Wildman–Crippen LogP) is 1.11. The number of carbonyl (C=O) groups is 1. The number of aromatic nitrogens is 4. The van der Waals surface area contributed by atoms with Crippen LogP contribution in [0.15, 0.2) is 38.3 Å². The number of aromatic amines is 1. The Bertz CT molecular complexity index is 1050. The van der Waals surface area contributed by atoms with E-state index in [1.807, 2.05) is 0 Å². The molecule has 0 saturated carbocycles. The molecular weight excluding hydrogens is 378 g/mol. The van der Waals surface area contributed by atoms with Gasteiger partial charge in [-0.3, -0.25) is 23.7 Å². The molecule has 2 N–H and O–H groups in total. The molecule has 0 bridgehead atoms. The number of nitrogens with one attached hydrogen (secondary N) is 2. The highest BCUT2D eigenvalue weighted by Crippen LogP contribution is 2.17. The molecule has 0 aliphatic carbocycles. The van der Waals surface area contributed by atoms with Crippen LogP contribution < -0.4 is 16.6 Å². The quantitative estimate of drug-likeness (QED) is 0.648. The Kier molecular flexibility index (Phi) is 4.10. The lowest BCUT2D eigenvalue weighted by atomic mass is 10.1. The highest BCUT2D eigenvalue weighted by atomic mass is 79.9. The molecule has 3 rings (SSSR count). The number of ketones is 1. The van der Waals surface area contributed by atoms with Gasteiger partial charge in [-0.1, -0.05) is 28.1 Å². The molecule has 2 heterocycles. The van der Waals surface area contributed by atoms with Gasteiger partial charge in [0.2, 0.25) is 5.95 Å². The first-order chi connectivity index (χ1) is 11.4. The maximum absolute atomic E-state index is 12.5. The Morgan fingerprint density at radius 1 is 1.29 bits per heavy atom. The molecule has 0 amide bonds. The van der Waals surface area contributed by atoms with Gasteiger partial charge in [-0.15, -0.1) is 0 Å². The number of H-pyrrole nitrogens is 1. The van der Waals surface area contributed by atoms with Crippen LogP contribution in [0.25, 0.3) is 11.2 Å². The van der Waals surface area contributed by atoms with Gasteiger partial charge in [-0.05, 0) is 12.1 Å². The van der Waals surface area contributed by atoms with E-state index < -0.39 is 11.2 Å². The Labute approximate surface area is 144 Å². The molecule has 24 heavy (non-hydrogen) atoms. The summed E-state index contributed by atoms with van der Waals surface area (Å²) in [5.41, 5.74) is -0.225. The van der Waals surface area contributed by atoms with Crippen molar-refractivity contribution in [2.75, 3.05) is 12.4 Å². The number of rotatable bonds is 4. The van der Waals surface area contributed by atoms with Crippen molar-refractivity contribution in [1.29, 1.82) is 0 Å². The van der Waals surface area contributed by atoms with E-state index in [-0.39, 0.29) is 23.5 Å². The van der Waals surface area contributed by atoms with Crippen LogP contribution in [-0.4, -0.2) is 31.9 Å². The van der Waals surface area contributed by atoms with Crippen LogP contribution in [0.1, 0.15) is 10.4 Å². The number of imidazole rings is 1. The van der Waals surface area contributed by atoms with Gasteiger partial charge < -0.3 is 5.32 Å². The second-order valence-electron chi connectivity index (χ2n) is 5.19. The minimum Gasteiger partial charge on any atom is -0.359 e. The molecule has 9 heteroatoms. The van der Waals surface area contributed by atoms with E-state index >= 15 is 0 Å². The summed E-state index contributed by atoms with van der Waals surface area (Å²) in [4.78, 5) is 42.9. The molecule has 2 aromatic heterocycles. The minimum absolute atomic E-state index is 0.0738. The SMILES string of the molecule is CNc1nc2c(c(=O)[nH]c(=O)n2C)n1CC(=O)c1ccc(Br)cc1. The van der Waals surface area contributed by atoms with Gasteiger partial charge in [0, 0.05) is 24.1 Å². The molecule has 0 radical (unpaired) electrons. The zero-order chi connectivity index (χ0) is 17.4. The van der Waals surface area contributed by atoms with Crippen molar-refractivity contribution in [1.82, 2.24) is 19.1 Å². The van der Waals surface area contributed by atoms with Crippen LogP contribution >= 0.6 is 15.9 Å². The van der Waals surface area contributed by atoms with Crippen LogP contribution in [0, 0.1) is 0 Å². The van der Waals surface area contributed by atoms with E-state index in [2.05, 4.69) is 31.2 Å². The smallest absolute Gasteiger partial charge is 0.329 e. The molecule has 0 aliphatic rings.